The molecule has 0 unspecified atom stereocenters. The standard InChI is InChI=1S/C24H24FN3O5/c1-14-6-4-5-7-17(14)18-12-16(25)13-19(15(18)2)28(24(33)26-10-8-21(30)31)22-20(29)9-11-27(3)23(22)32/h4-7,9,11-13,22H,8,10H2,1-3H3,(H,26,33)(H,30,31)/t22-/m0/s1. The molecule has 2 aromatic rings. The van der Waals surface area contributed by atoms with E-state index in [9.17, 15) is 23.6 Å². The number of carboxylic acids is 1. The monoisotopic (exact) mass is 453 g/mol. The summed E-state index contributed by atoms with van der Waals surface area (Å²) in [5, 5.41) is 11.3. The van der Waals surface area contributed by atoms with Crippen molar-refractivity contribution in [2.24, 2.45) is 0 Å². The van der Waals surface area contributed by atoms with Crippen LogP contribution in [0.25, 0.3) is 11.1 Å². The molecule has 0 saturated carbocycles. The molecule has 1 aliphatic heterocycles. The van der Waals surface area contributed by atoms with Crippen LogP contribution in [-0.2, 0) is 14.4 Å². The number of nitrogens with one attached hydrogen (secondary N) is 1. The molecule has 3 rings (SSSR count). The number of rotatable bonds is 6. The van der Waals surface area contributed by atoms with Gasteiger partial charge in [0.1, 0.15) is 5.82 Å². The fraction of sp³-hybridized carbons (Fsp3) is 0.250. The number of carbonyl (C=O) groups is 4. The summed E-state index contributed by atoms with van der Waals surface area (Å²) in [4.78, 5) is 51.7. The van der Waals surface area contributed by atoms with E-state index in [-0.39, 0.29) is 18.7 Å². The summed E-state index contributed by atoms with van der Waals surface area (Å²) in [6, 6.07) is 7.31. The summed E-state index contributed by atoms with van der Waals surface area (Å²) < 4.78 is 14.8. The fourth-order valence-electron chi connectivity index (χ4n) is 3.70. The van der Waals surface area contributed by atoms with Gasteiger partial charge in [-0.05, 0) is 48.2 Å². The molecule has 1 heterocycles. The summed E-state index contributed by atoms with van der Waals surface area (Å²) in [6.07, 6.45) is 2.10. The van der Waals surface area contributed by atoms with Crippen LogP contribution in [0.15, 0.2) is 48.7 Å². The predicted octanol–water partition coefficient (Wildman–Crippen LogP) is 3.02. The first-order chi connectivity index (χ1) is 15.6. The van der Waals surface area contributed by atoms with Crippen LogP contribution in [0, 0.1) is 19.7 Å². The fourth-order valence-corrected chi connectivity index (χ4v) is 3.70. The van der Waals surface area contributed by atoms with E-state index < -0.39 is 35.5 Å². The normalized spacial score (nSPS) is 15.5. The zero-order chi connectivity index (χ0) is 24.3. The van der Waals surface area contributed by atoms with Gasteiger partial charge in [0.15, 0.2) is 11.8 Å². The molecule has 0 aliphatic carbocycles. The highest BCUT2D eigenvalue weighted by Gasteiger charge is 2.40. The summed E-state index contributed by atoms with van der Waals surface area (Å²) in [7, 11) is 1.44. The van der Waals surface area contributed by atoms with Crippen molar-refractivity contribution in [2.45, 2.75) is 26.3 Å². The smallest absolute Gasteiger partial charge is 0.323 e. The van der Waals surface area contributed by atoms with E-state index in [4.69, 9.17) is 5.11 Å². The van der Waals surface area contributed by atoms with Gasteiger partial charge in [0.2, 0.25) is 0 Å². The van der Waals surface area contributed by atoms with Crippen molar-refractivity contribution >= 4 is 29.4 Å². The molecule has 3 amide bonds. The van der Waals surface area contributed by atoms with E-state index in [1.165, 1.54) is 30.3 Å². The third kappa shape index (κ3) is 4.92. The Balaban J connectivity index is 2.16. The van der Waals surface area contributed by atoms with Crippen LogP contribution in [0.1, 0.15) is 17.5 Å². The molecule has 0 radical (unpaired) electrons. The van der Waals surface area contributed by atoms with Gasteiger partial charge in [-0.1, -0.05) is 24.3 Å². The molecule has 2 N–H and O–H groups in total. The molecule has 1 aliphatic rings. The van der Waals surface area contributed by atoms with E-state index in [2.05, 4.69) is 5.32 Å². The van der Waals surface area contributed by atoms with E-state index in [1.54, 1.807) is 13.0 Å². The average Bonchev–Trinajstić information content (AvgIpc) is 2.75. The Hall–Kier alpha value is -4.01. The maximum atomic E-state index is 14.8. The summed E-state index contributed by atoms with van der Waals surface area (Å²) in [6.45, 7) is 3.31. The minimum absolute atomic E-state index is 0.0384. The second kappa shape index (κ2) is 9.64. The van der Waals surface area contributed by atoms with Crippen LogP contribution >= 0.6 is 0 Å². The second-order valence-corrected chi connectivity index (χ2v) is 7.73. The highest BCUT2D eigenvalue weighted by molar-refractivity contribution is 6.19. The Kier molecular flexibility index (Phi) is 6.91. The molecule has 33 heavy (non-hydrogen) atoms. The maximum Gasteiger partial charge on any atom is 0.323 e. The minimum atomic E-state index is -1.56. The Morgan fingerprint density at radius 1 is 1.15 bits per heavy atom. The van der Waals surface area contributed by atoms with Crippen LogP contribution < -0.4 is 10.2 Å². The third-order valence-corrected chi connectivity index (χ3v) is 5.45. The molecule has 9 heteroatoms. The predicted molar refractivity (Wildman–Crippen MR) is 120 cm³/mol. The lowest BCUT2D eigenvalue weighted by Gasteiger charge is -2.34. The number of urea groups is 1. The number of likely N-dealkylation sites (N-methyl/N-ethyl adjacent to an activating group) is 1. The van der Waals surface area contributed by atoms with Crippen molar-refractivity contribution in [2.75, 3.05) is 18.5 Å². The average molecular weight is 453 g/mol. The molecule has 8 nitrogen and oxygen atoms in total. The van der Waals surface area contributed by atoms with Gasteiger partial charge in [-0.3, -0.25) is 19.3 Å². The number of anilines is 1. The van der Waals surface area contributed by atoms with Gasteiger partial charge < -0.3 is 15.3 Å². The SMILES string of the molecule is Cc1ccccc1-c1cc(F)cc(N(C(=O)NCCC(=O)O)[C@H]2C(=O)C=CN(C)C2=O)c1C. The lowest BCUT2D eigenvalue weighted by Crippen LogP contribution is -2.57. The first-order valence-electron chi connectivity index (χ1n) is 10.3. The molecule has 0 saturated heterocycles. The summed E-state index contributed by atoms with van der Waals surface area (Å²) in [5.41, 5.74) is 2.64. The summed E-state index contributed by atoms with van der Waals surface area (Å²) >= 11 is 0. The van der Waals surface area contributed by atoms with Crippen LogP contribution in [0.3, 0.4) is 0 Å². The zero-order valence-electron chi connectivity index (χ0n) is 18.5. The number of benzene rings is 2. The largest absolute Gasteiger partial charge is 0.481 e. The Morgan fingerprint density at radius 2 is 1.85 bits per heavy atom. The molecular weight excluding hydrogens is 429 g/mol. The topological polar surface area (TPSA) is 107 Å². The number of carbonyl (C=O) groups excluding carboxylic acids is 3. The number of carboxylic acid groups (broad SMARTS) is 1. The number of hydrogen-bond acceptors (Lipinski definition) is 4. The lowest BCUT2D eigenvalue weighted by molar-refractivity contribution is -0.137. The second-order valence-electron chi connectivity index (χ2n) is 7.73. The van der Waals surface area contributed by atoms with E-state index in [0.29, 0.717) is 11.1 Å². The third-order valence-electron chi connectivity index (χ3n) is 5.45. The number of aryl methyl sites for hydroxylation is 1. The number of ketones is 1. The number of halogens is 1. The Morgan fingerprint density at radius 3 is 2.52 bits per heavy atom. The lowest BCUT2D eigenvalue weighted by atomic mass is 9.94. The van der Waals surface area contributed by atoms with Crippen molar-refractivity contribution in [1.82, 2.24) is 10.2 Å². The Labute approximate surface area is 190 Å². The van der Waals surface area contributed by atoms with Gasteiger partial charge >= 0.3 is 12.0 Å². The van der Waals surface area contributed by atoms with Crippen LogP contribution in [0.5, 0.6) is 0 Å². The van der Waals surface area contributed by atoms with Gasteiger partial charge in [0.25, 0.3) is 5.91 Å². The molecule has 0 aromatic heterocycles. The minimum Gasteiger partial charge on any atom is -0.481 e. The summed E-state index contributed by atoms with van der Waals surface area (Å²) in [5.74, 6) is -3.10. The molecule has 0 spiro atoms. The molecule has 2 aromatic carbocycles. The molecule has 0 bridgehead atoms. The zero-order valence-corrected chi connectivity index (χ0v) is 18.5. The van der Waals surface area contributed by atoms with Crippen LogP contribution in [0.2, 0.25) is 0 Å². The van der Waals surface area contributed by atoms with Gasteiger partial charge in [-0.15, -0.1) is 0 Å². The van der Waals surface area contributed by atoms with Gasteiger partial charge in [0.05, 0.1) is 12.1 Å². The number of hydrogen-bond donors (Lipinski definition) is 2. The van der Waals surface area contributed by atoms with Crippen LogP contribution in [0.4, 0.5) is 14.9 Å². The molecule has 1 atom stereocenters. The van der Waals surface area contributed by atoms with Crippen molar-refractivity contribution in [3.05, 3.63) is 65.6 Å². The van der Waals surface area contributed by atoms with E-state index in [1.807, 2.05) is 25.1 Å². The van der Waals surface area contributed by atoms with Crippen molar-refractivity contribution < 1.29 is 28.7 Å². The van der Waals surface area contributed by atoms with Crippen LogP contribution in [-0.4, -0.2) is 53.3 Å². The van der Waals surface area contributed by atoms with Gasteiger partial charge in [0, 0.05) is 25.9 Å². The molecule has 0 fully saturated rings. The number of nitrogens with zero attached hydrogens (tertiary/aromatic N) is 2. The van der Waals surface area contributed by atoms with E-state index >= 15 is 0 Å². The molecular formula is C24H24FN3O5. The van der Waals surface area contributed by atoms with Crippen molar-refractivity contribution in [3.8, 4) is 11.1 Å². The maximum absolute atomic E-state index is 14.8. The highest BCUT2D eigenvalue weighted by Crippen LogP contribution is 2.35. The Bertz CT molecular complexity index is 1160. The first kappa shape index (κ1) is 23.6. The highest BCUT2D eigenvalue weighted by atomic mass is 19.1. The van der Waals surface area contributed by atoms with Gasteiger partial charge in [-0.2, -0.15) is 0 Å². The number of amides is 3. The quantitative estimate of drug-likeness (QED) is 0.654. The first-order valence-corrected chi connectivity index (χ1v) is 10.3. The van der Waals surface area contributed by atoms with Crippen molar-refractivity contribution in [3.63, 3.8) is 0 Å². The molecule has 172 valence electrons. The van der Waals surface area contributed by atoms with Gasteiger partial charge in [-0.25, -0.2) is 9.18 Å². The van der Waals surface area contributed by atoms with E-state index in [0.717, 1.165) is 22.1 Å². The number of aliphatic carboxylic acids is 1. The van der Waals surface area contributed by atoms with Crippen molar-refractivity contribution in [1.29, 1.82) is 0 Å².